The Morgan fingerprint density at radius 3 is 2.25 bits per heavy atom. The number of hydrogen-bond acceptors (Lipinski definition) is 4. The van der Waals surface area contributed by atoms with Crippen LogP contribution in [0.25, 0.3) is 0 Å². The van der Waals surface area contributed by atoms with Crippen LogP contribution in [0.5, 0.6) is 5.75 Å². The minimum absolute atomic E-state index is 0.100. The van der Waals surface area contributed by atoms with Crippen molar-refractivity contribution in [3.05, 3.63) is 24.3 Å². The number of phenols is 1. The average molecular weight is 283 g/mol. The van der Waals surface area contributed by atoms with Gasteiger partial charge < -0.3 is 9.84 Å². The molecule has 0 saturated heterocycles. The maximum Gasteiger partial charge on any atom is 0.320 e. The Bertz CT molecular complexity index is 282. The number of hydrogen-bond donors (Lipinski definition) is 2. The van der Waals surface area contributed by atoms with Crippen molar-refractivity contribution in [2.75, 3.05) is 18.4 Å². The smallest absolute Gasteiger partial charge is 0.320 e. The number of halogens is 2. The molecule has 0 aliphatic rings. The predicted molar refractivity (Wildman–Crippen MR) is 67.8 cm³/mol. The van der Waals surface area contributed by atoms with Crippen molar-refractivity contribution in [1.29, 1.82) is 0 Å². The fraction of sp³-hybridized carbons (Fsp3) is 0.300. The number of carbonyl (C=O) groups excluding carboxylic acids is 1. The van der Waals surface area contributed by atoms with Gasteiger partial charge in [0.05, 0.1) is 5.88 Å². The van der Waals surface area contributed by atoms with E-state index in [4.69, 9.17) is 28.3 Å². The standard InChI is InChI=1S/C6H6OS.C4H6Cl2O2/c7-5-1-3-6(8)4-2-5;5-1-2-8-4(7)3-6/h1-4,7-8H;1-3H2. The molecular weight excluding hydrogens is 271 g/mol. The second kappa shape index (κ2) is 9.63. The summed E-state index contributed by atoms with van der Waals surface area (Å²) in [6.45, 7) is 0.243. The second-order valence-corrected chi connectivity index (χ2v) is 3.72. The molecule has 0 saturated carbocycles. The van der Waals surface area contributed by atoms with Gasteiger partial charge in [0.2, 0.25) is 0 Å². The summed E-state index contributed by atoms with van der Waals surface area (Å²) < 4.78 is 4.44. The van der Waals surface area contributed by atoms with E-state index in [1.807, 2.05) is 0 Å². The molecule has 0 aromatic heterocycles. The molecule has 6 heteroatoms. The van der Waals surface area contributed by atoms with Gasteiger partial charge in [0, 0.05) is 4.90 Å². The number of phenolic OH excluding ortho intramolecular Hbond substituents is 1. The van der Waals surface area contributed by atoms with E-state index >= 15 is 0 Å². The van der Waals surface area contributed by atoms with Crippen LogP contribution in [0.1, 0.15) is 0 Å². The highest BCUT2D eigenvalue weighted by atomic mass is 35.5. The van der Waals surface area contributed by atoms with E-state index < -0.39 is 5.97 Å². The zero-order chi connectivity index (χ0) is 12.4. The van der Waals surface area contributed by atoms with Crippen LogP contribution >= 0.6 is 35.8 Å². The lowest BCUT2D eigenvalue weighted by atomic mass is 10.3. The molecule has 0 bridgehead atoms. The normalized spacial score (nSPS) is 8.94. The van der Waals surface area contributed by atoms with E-state index in [9.17, 15) is 4.79 Å². The fourth-order valence-electron chi connectivity index (χ4n) is 0.644. The van der Waals surface area contributed by atoms with Gasteiger partial charge in [-0.3, -0.25) is 4.79 Å². The van der Waals surface area contributed by atoms with E-state index in [1.165, 1.54) is 0 Å². The molecule has 0 spiro atoms. The molecule has 1 aromatic carbocycles. The minimum Gasteiger partial charge on any atom is -0.508 e. The minimum atomic E-state index is -0.424. The number of esters is 1. The van der Waals surface area contributed by atoms with Crippen LogP contribution < -0.4 is 0 Å². The van der Waals surface area contributed by atoms with Crippen molar-refractivity contribution in [3.8, 4) is 5.75 Å². The molecule has 90 valence electrons. The van der Waals surface area contributed by atoms with E-state index in [-0.39, 0.29) is 18.2 Å². The van der Waals surface area contributed by atoms with Crippen molar-refractivity contribution in [2.45, 2.75) is 4.90 Å². The Kier molecular flexibility index (Phi) is 9.28. The van der Waals surface area contributed by atoms with Gasteiger partial charge in [0.15, 0.2) is 0 Å². The number of aromatic hydroxyl groups is 1. The Morgan fingerprint density at radius 1 is 1.31 bits per heavy atom. The third kappa shape index (κ3) is 8.71. The highest BCUT2D eigenvalue weighted by Gasteiger charge is 1.95. The first-order valence-corrected chi connectivity index (χ1v) is 5.87. The van der Waals surface area contributed by atoms with Crippen LogP contribution in [-0.4, -0.2) is 29.4 Å². The number of benzene rings is 1. The lowest BCUT2D eigenvalue weighted by molar-refractivity contribution is -0.139. The highest BCUT2D eigenvalue weighted by molar-refractivity contribution is 7.80. The van der Waals surface area contributed by atoms with Crippen LogP contribution in [0.3, 0.4) is 0 Å². The molecule has 3 nitrogen and oxygen atoms in total. The first-order valence-electron chi connectivity index (χ1n) is 4.35. The van der Waals surface area contributed by atoms with Gasteiger partial charge in [-0.25, -0.2) is 0 Å². The third-order valence-corrected chi connectivity index (χ3v) is 1.97. The number of alkyl halides is 2. The number of carbonyl (C=O) groups is 1. The topological polar surface area (TPSA) is 46.5 Å². The number of rotatable bonds is 3. The average Bonchev–Trinajstić information content (AvgIpc) is 2.30. The summed E-state index contributed by atoms with van der Waals surface area (Å²) in [6, 6.07) is 6.67. The number of ether oxygens (including phenoxy) is 1. The van der Waals surface area contributed by atoms with Crippen molar-refractivity contribution >= 4 is 41.8 Å². The second-order valence-electron chi connectivity index (χ2n) is 2.56. The summed E-state index contributed by atoms with van der Waals surface area (Å²) in [6.07, 6.45) is 0. The molecule has 1 rings (SSSR count). The quantitative estimate of drug-likeness (QED) is 0.509. The van der Waals surface area contributed by atoms with Gasteiger partial charge in [-0.15, -0.1) is 35.8 Å². The monoisotopic (exact) mass is 282 g/mol. The predicted octanol–water partition coefficient (Wildman–Crippen LogP) is 2.69. The van der Waals surface area contributed by atoms with Gasteiger partial charge in [-0.05, 0) is 24.3 Å². The molecule has 0 radical (unpaired) electrons. The zero-order valence-corrected chi connectivity index (χ0v) is 10.8. The molecule has 0 fully saturated rings. The highest BCUT2D eigenvalue weighted by Crippen LogP contribution is 2.11. The lowest BCUT2D eigenvalue weighted by Crippen LogP contribution is -2.07. The van der Waals surface area contributed by atoms with Crippen LogP contribution in [0.4, 0.5) is 0 Å². The summed E-state index contributed by atoms with van der Waals surface area (Å²) in [4.78, 5) is 11.0. The molecule has 0 aliphatic heterocycles. The van der Waals surface area contributed by atoms with Gasteiger partial charge >= 0.3 is 5.97 Å². The van der Waals surface area contributed by atoms with Crippen LogP contribution in [0.15, 0.2) is 29.2 Å². The van der Waals surface area contributed by atoms with Crippen molar-refractivity contribution in [2.24, 2.45) is 0 Å². The lowest BCUT2D eigenvalue weighted by Gasteiger charge is -1.95. The van der Waals surface area contributed by atoms with Crippen LogP contribution in [-0.2, 0) is 9.53 Å². The summed E-state index contributed by atoms with van der Waals surface area (Å²) >= 11 is 14.3. The Morgan fingerprint density at radius 2 is 1.88 bits per heavy atom. The molecule has 1 N–H and O–H groups in total. The number of thiol groups is 1. The summed E-state index contributed by atoms with van der Waals surface area (Å²) in [7, 11) is 0. The zero-order valence-electron chi connectivity index (χ0n) is 8.40. The van der Waals surface area contributed by atoms with Gasteiger partial charge in [-0.1, -0.05) is 0 Å². The third-order valence-electron chi connectivity index (χ3n) is 1.30. The molecule has 0 heterocycles. The van der Waals surface area contributed by atoms with Gasteiger partial charge in [0.25, 0.3) is 0 Å². The van der Waals surface area contributed by atoms with E-state index in [0.717, 1.165) is 4.90 Å². The fourth-order valence-corrected chi connectivity index (χ4v) is 0.947. The summed E-state index contributed by atoms with van der Waals surface area (Å²) in [5.41, 5.74) is 0. The SMILES string of the molecule is O=C(CCl)OCCCl.Oc1ccc(S)cc1. The maximum atomic E-state index is 10.2. The Hall–Kier alpha value is -0.580. The van der Waals surface area contributed by atoms with Gasteiger partial charge in [0.1, 0.15) is 18.2 Å². The van der Waals surface area contributed by atoms with E-state index in [0.29, 0.717) is 5.88 Å². The molecule has 16 heavy (non-hydrogen) atoms. The van der Waals surface area contributed by atoms with Crippen LogP contribution in [0, 0.1) is 0 Å². The van der Waals surface area contributed by atoms with E-state index in [1.54, 1.807) is 24.3 Å². The molecule has 0 aliphatic carbocycles. The Balaban J connectivity index is 0.000000281. The summed E-state index contributed by atoms with van der Waals surface area (Å²) in [5, 5.41) is 8.72. The maximum absolute atomic E-state index is 10.2. The largest absolute Gasteiger partial charge is 0.508 e. The van der Waals surface area contributed by atoms with Crippen molar-refractivity contribution in [3.63, 3.8) is 0 Å². The molecule has 0 unspecified atom stereocenters. The molecule has 0 atom stereocenters. The van der Waals surface area contributed by atoms with Crippen molar-refractivity contribution in [1.82, 2.24) is 0 Å². The molecular formula is C10H12Cl2O3S. The first-order chi connectivity index (χ1) is 7.60. The first kappa shape index (κ1) is 15.4. The Labute approximate surface area is 110 Å². The molecule has 0 amide bonds. The van der Waals surface area contributed by atoms with Crippen LogP contribution in [0.2, 0.25) is 0 Å². The summed E-state index contributed by atoms with van der Waals surface area (Å²) in [5.74, 6) is 0.0783. The molecule has 1 aromatic rings. The van der Waals surface area contributed by atoms with Gasteiger partial charge in [-0.2, -0.15) is 0 Å². The van der Waals surface area contributed by atoms with Crippen molar-refractivity contribution < 1.29 is 14.6 Å². The van der Waals surface area contributed by atoms with E-state index in [2.05, 4.69) is 17.4 Å².